The van der Waals surface area contributed by atoms with E-state index in [2.05, 4.69) is 15.4 Å². The Labute approximate surface area is 299 Å². The Balaban J connectivity index is 1.35. The number of benzene rings is 1. The van der Waals surface area contributed by atoms with E-state index in [0.717, 1.165) is 28.3 Å². The number of aromatic nitrogens is 5. The molecule has 3 aromatic heterocycles. The van der Waals surface area contributed by atoms with E-state index in [1.165, 1.54) is 21.1 Å². The lowest BCUT2D eigenvalue weighted by molar-refractivity contribution is -0.137. The van der Waals surface area contributed by atoms with Crippen molar-refractivity contribution in [2.24, 2.45) is 7.05 Å². The van der Waals surface area contributed by atoms with Gasteiger partial charge in [0.2, 0.25) is 11.7 Å². The van der Waals surface area contributed by atoms with Crippen molar-refractivity contribution in [2.45, 2.75) is 46.3 Å². The summed E-state index contributed by atoms with van der Waals surface area (Å²) in [6, 6.07) is 2.60. The SMILES string of the molecule is CCc1c(N2CCN(C(=O)c3c(O)c(C)c(C)n(C)c3=O)CC2)c(=O)n2nc(C3=CCOCC3)nc2n1CC(=O)Nc1ccc(C(F)(F)F)cc1Cl. The third-order valence-corrected chi connectivity index (χ3v) is 9.85. The standard InChI is InChI=1S/C34H36ClF3N8O6/c1-5-24-27(43-10-12-44(13-11-43)31(50)26-28(48)18(2)19(3)42(4)30(26)49)32(51)46-33(40-29(41-46)20-8-14-52-15-9-20)45(24)17-25(47)39-23-7-6-21(16-22(23)35)34(36,37)38/h6-8,16,48H,5,9-15,17H2,1-4H3,(H,39,47). The molecule has 1 aromatic carbocycles. The van der Waals surface area contributed by atoms with Crippen LogP contribution in [-0.4, -0.2) is 84.9 Å². The fraction of sp³-hybridized carbons (Fsp3) is 0.412. The molecule has 1 saturated heterocycles. The number of hydrogen-bond acceptors (Lipinski definition) is 9. The van der Waals surface area contributed by atoms with Crippen LogP contribution in [0.15, 0.2) is 33.9 Å². The molecule has 0 unspecified atom stereocenters. The Bertz CT molecular complexity index is 2250. The number of carbonyl (C=O) groups is 2. The lowest BCUT2D eigenvalue weighted by atomic mass is 10.1. The first-order valence-corrected chi connectivity index (χ1v) is 16.9. The zero-order valence-corrected chi connectivity index (χ0v) is 29.6. The van der Waals surface area contributed by atoms with Gasteiger partial charge < -0.3 is 34.1 Å². The molecule has 2 aliphatic heterocycles. The highest BCUT2D eigenvalue weighted by molar-refractivity contribution is 6.33. The summed E-state index contributed by atoms with van der Waals surface area (Å²) in [6.45, 7) is 6.02. The molecule has 0 aliphatic carbocycles. The van der Waals surface area contributed by atoms with Gasteiger partial charge in [0, 0.05) is 44.5 Å². The van der Waals surface area contributed by atoms with Crippen molar-refractivity contribution in [3.63, 3.8) is 0 Å². The van der Waals surface area contributed by atoms with Crippen LogP contribution in [0.2, 0.25) is 5.02 Å². The zero-order chi connectivity index (χ0) is 37.6. The van der Waals surface area contributed by atoms with Crippen LogP contribution >= 0.6 is 11.6 Å². The minimum absolute atomic E-state index is 0.0325. The normalized spacial score (nSPS) is 15.3. The predicted molar refractivity (Wildman–Crippen MR) is 186 cm³/mol. The summed E-state index contributed by atoms with van der Waals surface area (Å²) in [5.41, 5.74) is -0.0753. The van der Waals surface area contributed by atoms with Gasteiger partial charge in [-0.15, -0.1) is 5.10 Å². The lowest BCUT2D eigenvalue weighted by Crippen LogP contribution is -2.51. The summed E-state index contributed by atoms with van der Waals surface area (Å²) in [7, 11) is 1.53. The molecule has 18 heteroatoms. The topological polar surface area (TPSA) is 156 Å². The molecule has 0 spiro atoms. The number of nitrogens with zero attached hydrogens (tertiary/aromatic N) is 7. The van der Waals surface area contributed by atoms with E-state index >= 15 is 0 Å². The highest BCUT2D eigenvalue weighted by Gasteiger charge is 2.33. The summed E-state index contributed by atoms with van der Waals surface area (Å²) < 4.78 is 49.0. The van der Waals surface area contributed by atoms with Crippen LogP contribution in [0.5, 0.6) is 5.75 Å². The Morgan fingerprint density at radius 2 is 1.81 bits per heavy atom. The van der Waals surface area contributed by atoms with Gasteiger partial charge in [-0.2, -0.15) is 22.7 Å². The molecule has 52 heavy (non-hydrogen) atoms. The molecule has 276 valence electrons. The molecule has 14 nitrogen and oxygen atoms in total. The first kappa shape index (κ1) is 36.6. The van der Waals surface area contributed by atoms with E-state index in [4.69, 9.17) is 16.3 Å². The Morgan fingerprint density at radius 1 is 1.10 bits per heavy atom. The summed E-state index contributed by atoms with van der Waals surface area (Å²) in [6.07, 6.45) is -2.05. The maximum Gasteiger partial charge on any atom is 0.416 e. The molecule has 6 rings (SSSR count). The molecule has 1 fully saturated rings. The summed E-state index contributed by atoms with van der Waals surface area (Å²) in [5.74, 6) is -1.28. The molecule has 4 aromatic rings. The van der Waals surface area contributed by atoms with E-state index < -0.39 is 41.2 Å². The van der Waals surface area contributed by atoms with Gasteiger partial charge in [-0.25, -0.2) is 0 Å². The van der Waals surface area contributed by atoms with Gasteiger partial charge in [-0.1, -0.05) is 24.6 Å². The van der Waals surface area contributed by atoms with Gasteiger partial charge in [0.25, 0.3) is 17.0 Å². The van der Waals surface area contributed by atoms with Crippen LogP contribution in [0.3, 0.4) is 0 Å². The second kappa shape index (κ2) is 14.1. The van der Waals surface area contributed by atoms with Crippen molar-refractivity contribution in [3.05, 3.63) is 83.9 Å². The van der Waals surface area contributed by atoms with Gasteiger partial charge in [0.05, 0.1) is 35.2 Å². The maximum absolute atomic E-state index is 14.2. The minimum atomic E-state index is -4.62. The number of halogens is 4. The highest BCUT2D eigenvalue weighted by atomic mass is 35.5. The largest absolute Gasteiger partial charge is 0.507 e. The number of rotatable bonds is 7. The number of nitrogens with one attached hydrogen (secondary N) is 1. The van der Waals surface area contributed by atoms with Crippen molar-refractivity contribution in [3.8, 4) is 5.75 Å². The molecule has 5 heterocycles. The first-order chi connectivity index (χ1) is 24.6. The third kappa shape index (κ3) is 6.65. The number of fused-ring (bicyclic) bond motifs is 1. The van der Waals surface area contributed by atoms with Crippen molar-refractivity contribution in [1.82, 2.24) is 28.6 Å². The van der Waals surface area contributed by atoms with E-state index in [1.54, 1.807) is 25.7 Å². The smallest absolute Gasteiger partial charge is 0.416 e. The fourth-order valence-electron chi connectivity index (χ4n) is 6.44. The minimum Gasteiger partial charge on any atom is -0.507 e. The molecule has 2 amide bonds. The lowest BCUT2D eigenvalue weighted by Gasteiger charge is -2.37. The number of anilines is 2. The first-order valence-electron chi connectivity index (χ1n) is 16.5. The average Bonchev–Trinajstić information content (AvgIpc) is 3.58. The number of amides is 2. The van der Waals surface area contributed by atoms with Crippen molar-refractivity contribution in [2.75, 3.05) is 49.6 Å². The van der Waals surface area contributed by atoms with Crippen LogP contribution in [0.4, 0.5) is 24.5 Å². The van der Waals surface area contributed by atoms with Gasteiger partial charge >= 0.3 is 6.18 Å². The van der Waals surface area contributed by atoms with Crippen molar-refractivity contribution >= 4 is 46.1 Å². The van der Waals surface area contributed by atoms with Gasteiger partial charge in [0.15, 0.2) is 5.82 Å². The van der Waals surface area contributed by atoms with Gasteiger partial charge in [-0.3, -0.25) is 19.2 Å². The molecule has 2 N–H and O–H groups in total. The second-order valence-corrected chi connectivity index (χ2v) is 13.0. The summed E-state index contributed by atoms with van der Waals surface area (Å²) in [5, 5.41) is 17.5. The van der Waals surface area contributed by atoms with Crippen molar-refractivity contribution in [1.29, 1.82) is 0 Å². The van der Waals surface area contributed by atoms with E-state index in [-0.39, 0.29) is 71.9 Å². The quantitative estimate of drug-likeness (QED) is 0.289. The molecular formula is C34H36ClF3N8O6. The number of aromatic hydroxyl groups is 1. The predicted octanol–water partition coefficient (Wildman–Crippen LogP) is 3.55. The number of carbonyl (C=O) groups excluding carboxylic acids is 2. The van der Waals surface area contributed by atoms with Crippen molar-refractivity contribution < 1.29 is 32.6 Å². The zero-order valence-electron chi connectivity index (χ0n) is 28.8. The molecule has 0 radical (unpaired) electrons. The molecule has 0 atom stereocenters. The molecule has 2 aliphatic rings. The maximum atomic E-state index is 14.2. The van der Waals surface area contributed by atoms with Crippen LogP contribution in [0.25, 0.3) is 11.4 Å². The van der Waals surface area contributed by atoms with Crippen LogP contribution in [0, 0.1) is 13.8 Å². The fourth-order valence-corrected chi connectivity index (χ4v) is 6.67. The number of alkyl halides is 3. The van der Waals surface area contributed by atoms with Crippen LogP contribution in [-0.2, 0) is 35.7 Å². The average molecular weight is 745 g/mol. The van der Waals surface area contributed by atoms with E-state index in [1.807, 2.05) is 6.08 Å². The second-order valence-electron chi connectivity index (χ2n) is 12.6. The van der Waals surface area contributed by atoms with Crippen LogP contribution < -0.4 is 21.3 Å². The number of ether oxygens (including phenoxy) is 1. The molecule has 0 bridgehead atoms. The Kier molecular flexibility index (Phi) is 9.93. The monoisotopic (exact) mass is 744 g/mol. The van der Waals surface area contributed by atoms with Crippen LogP contribution in [0.1, 0.15) is 52.0 Å². The number of pyridine rings is 1. The van der Waals surface area contributed by atoms with E-state index in [9.17, 15) is 37.5 Å². The number of hydrogen-bond donors (Lipinski definition) is 2. The third-order valence-electron chi connectivity index (χ3n) is 9.54. The Morgan fingerprint density at radius 3 is 2.42 bits per heavy atom. The van der Waals surface area contributed by atoms with Gasteiger partial charge in [-0.05, 0) is 50.5 Å². The molecular weight excluding hydrogens is 709 g/mol. The summed E-state index contributed by atoms with van der Waals surface area (Å²) in [4.78, 5) is 62.1. The number of piperazine rings is 1. The van der Waals surface area contributed by atoms with E-state index in [0.29, 0.717) is 36.6 Å². The van der Waals surface area contributed by atoms with Gasteiger partial charge in [0.1, 0.15) is 23.5 Å². The Hall–Kier alpha value is -5.16. The molecule has 0 saturated carbocycles. The highest BCUT2D eigenvalue weighted by Crippen LogP contribution is 2.34. The summed E-state index contributed by atoms with van der Waals surface area (Å²) >= 11 is 6.11.